The van der Waals surface area contributed by atoms with E-state index in [4.69, 9.17) is 0 Å². The van der Waals surface area contributed by atoms with Crippen LogP contribution in [0.25, 0.3) is 0 Å². The van der Waals surface area contributed by atoms with Crippen LogP contribution in [0.15, 0.2) is 28.1 Å². The zero-order valence-corrected chi connectivity index (χ0v) is 12.2. The predicted molar refractivity (Wildman–Crippen MR) is 79.1 cm³/mol. The summed E-state index contributed by atoms with van der Waals surface area (Å²) in [7, 11) is 1.75. The van der Waals surface area contributed by atoms with Crippen molar-refractivity contribution in [3.63, 3.8) is 0 Å². The van der Waals surface area contributed by atoms with Crippen molar-refractivity contribution in [2.75, 3.05) is 19.8 Å². The maximum atomic E-state index is 13.3. The maximum absolute atomic E-state index is 13.3. The number of nitrogens with zero attached hydrogens (tertiary/aromatic N) is 1. The number of hydrogen-bond donors (Lipinski definition) is 2. The average molecular weight is 281 g/mol. The lowest BCUT2D eigenvalue weighted by atomic mass is 10.2. The molecule has 0 spiro atoms. The Morgan fingerprint density at radius 1 is 1.42 bits per heavy atom. The van der Waals surface area contributed by atoms with E-state index in [1.165, 1.54) is 18.9 Å². The number of thioether (sulfide) groups is 1. The number of hydrogen-bond acceptors (Lipinski definition) is 2. The lowest BCUT2D eigenvalue weighted by Gasteiger charge is -2.13. The molecule has 1 saturated carbocycles. The highest BCUT2D eigenvalue weighted by Gasteiger charge is 2.21. The summed E-state index contributed by atoms with van der Waals surface area (Å²) in [5.74, 6) is 1.38. The molecule has 0 unspecified atom stereocenters. The molecule has 0 radical (unpaired) electrons. The van der Waals surface area contributed by atoms with Gasteiger partial charge in [0, 0.05) is 25.0 Å². The van der Waals surface area contributed by atoms with Gasteiger partial charge in [-0.2, -0.15) is 0 Å². The van der Waals surface area contributed by atoms with Gasteiger partial charge in [-0.3, -0.25) is 4.99 Å². The first kappa shape index (κ1) is 14.2. The zero-order chi connectivity index (χ0) is 13.7. The fourth-order valence-corrected chi connectivity index (χ4v) is 2.45. The zero-order valence-electron chi connectivity index (χ0n) is 11.4. The predicted octanol–water partition coefficient (Wildman–Crippen LogP) is 2.62. The molecule has 1 fully saturated rings. The van der Waals surface area contributed by atoms with Crippen LogP contribution in [-0.4, -0.2) is 25.8 Å². The van der Waals surface area contributed by atoms with Crippen LogP contribution in [0, 0.1) is 11.7 Å². The van der Waals surface area contributed by atoms with Crippen LogP contribution in [0.5, 0.6) is 0 Å². The fourth-order valence-electron chi connectivity index (χ4n) is 1.85. The molecule has 3 nitrogen and oxygen atoms in total. The third kappa shape index (κ3) is 4.42. The lowest BCUT2D eigenvalue weighted by Crippen LogP contribution is -2.37. The topological polar surface area (TPSA) is 36.4 Å². The third-order valence-electron chi connectivity index (χ3n) is 3.17. The van der Waals surface area contributed by atoms with Crippen molar-refractivity contribution in [1.29, 1.82) is 0 Å². The van der Waals surface area contributed by atoms with E-state index in [2.05, 4.69) is 15.6 Å². The lowest BCUT2D eigenvalue weighted by molar-refractivity contribution is 0.622. The molecule has 0 aromatic heterocycles. The maximum Gasteiger partial charge on any atom is 0.191 e. The van der Waals surface area contributed by atoms with Crippen LogP contribution in [0.2, 0.25) is 0 Å². The Labute approximate surface area is 118 Å². The molecule has 0 atom stereocenters. The van der Waals surface area contributed by atoms with E-state index in [9.17, 15) is 4.39 Å². The summed E-state index contributed by atoms with van der Waals surface area (Å²) in [5, 5.41) is 6.52. The number of rotatable bonds is 5. The fraction of sp³-hybridized carbons (Fsp3) is 0.500. The summed E-state index contributed by atoms with van der Waals surface area (Å²) in [6, 6.07) is 4.89. The standard InChI is InChI=1S/C14H20FN3S/c1-16-14(17-8-10-3-4-10)18-9-11-7-12(15)5-6-13(11)19-2/h5-7,10H,3-4,8-9H2,1-2H3,(H2,16,17,18). The molecule has 0 aliphatic heterocycles. The van der Waals surface area contributed by atoms with Crippen LogP contribution >= 0.6 is 11.8 Å². The van der Waals surface area contributed by atoms with Crippen molar-refractivity contribution in [2.45, 2.75) is 24.3 Å². The van der Waals surface area contributed by atoms with Crippen molar-refractivity contribution in [3.05, 3.63) is 29.6 Å². The number of nitrogens with one attached hydrogen (secondary N) is 2. The molecule has 0 saturated heterocycles. The van der Waals surface area contributed by atoms with E-state index in [0.717, 1.165) is 28.9 Å². The quantitative estimate of drug-likeness (QED) is 0.495. The number of guanidine groups is 1. The van der Waals surface area contributed by atoms with Gasteiger partial charge >= 0.3 is 0 Å². The van der Waals surface area contributed by atoms with Gasteiger partial charge in [-0.05, 0) is 48.8 Å². The number of aliphatic imine (C=N–C) groups is 1. The molecule has 5 heteroatoms. The summed E-state index contributed by atoms with van der Waals surface area (Å²) < 4.78 is 13.3. The van der Waals surface area contributed by atoms with Crippen molar-refractivity contribution in [2.24, 2.45) is 10.9 Å². The molecular weight excluding hydrogens is 261 g/mol. The largest absolute Gasteiger partial charge is 0.356 e. The SMILES string of the molecule is CN=C(NCc1cc(F)ccc1SC)NCC1CC1. The highest BCUT2D eigenvalue weighted by molar-refractivity contribution is 7.98. The smallest absolute Gasteiger partial charge is 0.191 e. The Balaban J connectivity index is 1.90. The Morgan fingerprint density at radius 2 is 2.21 bits per heavy atom. The van der Waals surface area contributed by atoms with E-state index < -0.39 is 0 Å². The highest BCUT2D eigenvalue weighted by Crippen LogP contribution is 2.27. The summed E-state index contributed by atoms with van der Waals surface area (Å²) in [6.07, 6.45) is 4.62. The van der Waals surface area contributed by atoms with Gasteiger partial charge in [-0.1, -0.05) is 0 Å². The molecule has 2 N–H and O–H groups in total. The normalized spacial score (nSPS) is 15.4. The van der Waals surface area contributed by atoms with E-state index >= 15 is 0 Å². The summed E-state index contributed by atoms with van der Waals surface area (Å²) in [4.78, 5) is 5.26. The van der Waals surface area contributed by atoms with E-state index in [0.29, 0.717) is 6.54 Å². The summed E-state index contributed by atoms with van der Waals surface area (Å²) in [5.41, 5.74) is 0.960. The number of halogens is 1. The van der Waals surface area contributed by atoms with Crippen LogP contribution in [-0.2, 0) is 6.54 Å². The Bertz CT molecular complexity index is 458. The van der Waals surface area contributed by atoms with Crippen molar-refractivity contribution in [3.8, 4) is 0 Å². The van der Waals surface area contributed by atoms with E-state index in [1.807, 2.05) is 12.3 Å². The van der Waals surface area contributed by atoms with Gasteiger partial charge in [-0.25, -0.2) is 4.39 Å². The Morgan fingerprint density at radius 3 is 2.84 bits per heavy atom. The van der Waals surface area contributed by atoms with Crippen LogP contribution < -0.4 is 10.6 Å². The van der Waals surface area contributed by atoms with Gasteiger partial charge in [0.1, 0.15) is 5.82 Å². The van der Waals surface area contributed by atoms with Crippen molar-refractivity contribution >= 4 is 17.7 Å². The second kappa shape index (κ2) is 6.80. The molecule has 0 bridgehead atoms. The van der Waals surface area contributed by atoms with Crippen molar-refractivity contribution in [1.82, 2.24) is 10.6 Å². The van der Waals surface area contributed by atoms with Gasteiger partial charge < -0.3 is 10.6 Å². The minimum atomic E-state index is -0.199. The average Bonchev–Trinajstić information content (AvgIpc) is 3.23. The molecule has 19 heavy (non-hydrogen) atoms. The minimum absolute atomic E-state index is 0.199. The molecule has 1 aliphatic rings. The molecule has 2 rings (SSSR count). The third-order valence-corrected chi connectivity index (χ3v) is 4.01. The van der Waals surface area contributed by atoms with Gasteiger partial charge in [0.15, 0.2) is 5.96 Å². The van der Waals surface area contributed by atoms with Crippen LogP contribution in [0.3, 0.4) is 0 Å². The Hall–Kier alpha value is -1.23. The molecule has 0 heterocycles. The van der Waals surface area contributed by atoms with Gasteiger partial charge in [0.05, 0.1) is 0 Å². The molecule has 1 aromatic carbocycles. The molecule has 0 amide bonds. The van der Waals surface area contributed by atoms with Crippen LogP contribution in [0.1, 0.15) is 18.4 Å². The van der Waals surface area contributed by atoms with Crippen molar-refractivity contribution < 1.29 is 4.39 Å². The van der Waals surface area contributed by atoms with Crippen LogP contribution in [0.4, 0.5) is 4.39 Å². The van der Waals surface area contributed by atoms with Gasteiger partial charge in [0.2, 0.25) is 0 Å². The summed E-state index contributed by atoms with van der Waals surface area (Å²) >= 11 is 1.62. The first-order chi connectivity index (χ1) is 9.22. The number of benzene rings is 1. The monoisotopic (exact) mass is 281 g/mol. The minimum Gasteiger partial charge on any atom is -0.356 e. The molecule has 1 aromatic rings. The summed E-state index contributed by atoms with van der Waals surface area (Å²) in [6.45, 7) is 1.55. The molecule has 1 aliphatic carbocycles. The first-order valence-corrected chi connectivity index (χ1v) is 7.72. The second-order valence-electron chi connectivity index (χ2n) is 4.71. The molecular formula is C14H20FN3S. The second-order valence-corrected chi connectivity index (χ2v) is 5.55. The highest BCUT2D eigenvalue weighted by atomic mass is 32.2. The first-order valence-electron chi connectivity index (χ1n) is 6.50. The molecule has 104 valence electrons. The van der Waals surface area contributed by atoms with E-state index in [-0.39, 0.29) is 5.82 Å². The van der Waals surface area contributed by atoms with Gasteiger partial charge in [-0.15, -0.1) is 11.8 Å². The Kier molecular flexibility index (Phi) is 5.07. The van der Waals surface area contributed by atoms with E-state index in [1.54, 1.807) is 24.9 Å². The van der Waals surface area contributed by atoms with Gasteiger partial charge in [0.25, 0.3) is 0 Å².